The second-order valence-electron chi connectivity index (χ2n) is 5.54. The van der Waals surface area contributed by atoms with Crippen molar-refractivity contribution < 1.29 is 27.5 Å². The van der Waals surface area contributed by atoms with Gasteiger partial charge in [0.25, 0.3) is 5.91 Å². The topological polar surface area (TPSA) is 111 Å². The van der Waals surface area contributed by atoms with Crippen molar-refractivity contribution in [2.75, 3.05) is 18.3 Å². The van der Waals surface area contributed by atoms with Gasteiger partial charge in [-0.15, -0.1) is 0 Å². The SMILES string of the molecule is O=C(C[C@@H]1CCS(=O)(=O)C1)NNC(=O)c1ccc2c(c1)OCO2. The van der Waals surface area contributed by atoms with E-state index in [1.807, 2.05) is 0 Å². The van der Waals surface area contributed by atoms with Gasteiger partial charge in [-0.25, -0.2) is 8.42 Å². The van der Waals surface area contributed by atoms with Crippen molar-refractivity contribution in [3.05, 3.63) is 23.8 Å². The minimum absolute atomic E-state index is 0.0243. The van der Waals surface area contributed by atoms with Crippen molar-refractivity contribution in [1.82, 2.24) is 10.9 Å². The summed E-state index contributed by atoms with van der Waals surface area (Å²) in [6.45, 7) is 0.113. The van der Waals surface area contributed by atoms with E-state index in [0.717, 1.165) is 0 Å². The van der Waals surface area contributed by atoms with Crippen molar-refractivity contribution >= 4 is 21.7 Å². The maximum Gasteiger partial charge on any atom is 0.269 e. The standard InChI is InChI=1S/C14H16N2O6S/c17-13(5-9-3-4-23(19,20)7-9)15-16-14(18)10-1-2-11-12(6-10)22-8-21-11/h1-2,6,9H,3-5,7-8H2,(H,15,17)(H,16,18)/t9-/m0/s1. The lowest BCUT2D eigenvalue weighted by atomic mass is 10.1. The number of amides is 2. The van der Waals surface area contributed by atoms with Gasteiger partial charge in [0.05, 0.1) is 11.5 Å². The fraction of sp³-hybridized carbons (Fsp3) is 0.429. The third-order valence-corrected chi connectivity index (χ3v) is 5.59. The van der Waals surface area contributed by atoms with Crippen LogP contribution in [0.2, 0.25) is 0 Å². The molecule has 0 aliphatic carbocycles. The molecular formula is C14H16N2O6S. The molecule has 2 aliphatic rings. The van der Waals surface area contributed by atoms with E-state index in [-0.39, 0.29) is 30.6 Å². The Balaban J connectivity index is 1.50. The Kier molecular flexibility index (Phi) is 4.12. The van der Waals surface area contributed by atoms with Crippen molar-refractivity contribution in [3.63, 3.8) is 0 Å². The predicted octanol–water partition coefficient (Wildman–Crippen LogP) is 0.00110. The average molecular weight is 340 g/mol. The van der Waals surface area contributed by atoms with Gasteiger partial charge in [-0.3, -0.25) is 20.4 Å². The molecule has 0 aromatic heterocycles. The Bertz CT molecular complexity index is 746. The van der Waals surface area contributed by atoms with Crippen molar-refractivity contribution in [1.29, 1.82) is 0 Å². The van der Waals surface area contributed by atoms with Gasteiger partial charge in [0.1, 0.15) is 0 Å². The van der Waals surface area contributed by atoms with Gasteiger partial charge in [-0.1, -0.05) is 0 Å². The lowest BCUT2D eigenvalue weighted by Crippen LogP contribution is -2.42. The molecule has 1 aromatic carbocycles. The van der Waals surface area contributed by atoms with E-state index in [0.29, 0.717) is 23.5 Å². The zero-order chi connectivity index (χ0) is 16.4. The number of hydrogen-bond donors (Lipinski definition) is 2. The van der Waals surface area contributed by atoms with Gasteiger partial charge >= 0.3 is 0 Å². The van der Waals surface area contributed by atoms with E-state index in [4.69, 9.17) is 9.47 Å². The number of fused-ring (bicyclic) bond motifs is 1. The highest BCUT2D eigenvalue weighted by Gasteiger charge is 2.29. The van der Waals surface area contributed by atoms with Gasteiger partial charge in [-0.2, -0.15) is 0 Å². The van der Waals surface area contributed by atoms with Crippen molar-refractivity contribution in [3.8, 4) is 11.5 Å². The molecule has 3 rings (SSSR count). The third-order valence-electron chi connectivity index (χ3n) is 3.75. The molecule has 1 saturated heterocycles. The van der Waals surface area contributed by atoms with Crippen LogP contribution in [0.3, 0.4) is 0 Å². The minimum atomic E-state index is -3.01. The van der Waals surface area contributed by atoms with Crippen LogP contribution in [-0.2, 0) is 14.6 Å². The molecule has 0 saturated carbocycles. The smallest absolute Gasteiger partial charge is 0.269 e. The summed E-state index contributed by atoms with van der Waals surface area (Å²) in [5, 5.41) is 0. The van der Waals surface area contributed by atoms with Crippen LogP contribution in [0.5, 0.6) is 11.5 Å². The van der Waals surface area contributed by atoms with Gasteiger partial charge in [0.15, 0.2) is 21.3 Å². The van der Waals surface area contributed by atoms with E-state index in [1.54, 1.807) is 12.1 Å². The number of carbonyl (C=O) groups is 2. The molecule has 23 heavy (non-hydrogen) atoms. The number of rotatable bonds is 3. The molecule has 124 valence electrons. The molecule has 1 fully saturated rings. The van der Waals surface area contributed by atoms with Gasteiger partial charge in [-0.05, 0) is 30.5 Å². The summed E-state index contributed by atoms with van der Waals surface area (Å²) in [6, 6.07) is 4.69. The quantitative estimate of drug-likeness (QED) is 0.750. The van der Waals surface area contributed by atoms with E-state index in [2.05, 4.69) is 10.9 Å². The van der Waals surface area contributed by atoms with Crippen LogP contribution in [-0.4, -0.2) is 38.5 Å². The van der Waals surface area contributed by atoms with Gasteiger partial charge in [0, 0.05) is 12.0 Å². The molecule has 0 radical (unpaired) electrons. The molecule has 0 bridgehead atoms. The second-order valence-corrected chi connectivity index (χ2v) is 7.77. The maximum atomic E-state index is 12.0. The molecule has 0 spiro atoms. The van der Waals surface area contributed by atoms with Crippen molar-refractivity contribution in [2.24, 2.45) is 5.92 Å². The van der Waals surface area contributed by atoms with E-state index in [9.17, 15) is 18.0 Å². The van der Waals surface area contributed by atoms with Crippen LogP contribution >= 0.6 is 0 Å². The Morgan fingerprint density at radius 2 is 1.96 bits per heavy atom. The zero-order valence-corrected chi connectivity index (χ0v) is 13.0. The minimum Gasteiger partial charge on any atom is -0.454 e. The Hall–Kier alpha value is -2.29. The summed E-state index contributed by atoms with van der Waals surface area (Å²) in [6.07, 6.45) is 0.548. The Morgan fingerprint density at radius 1 is 1.17 bits per heavy atom. The van der Waals surface area contributed by atoms with Crippen LogP contribution in [0.4, 0.5) is 0 Å². The predicted molar refractivity (Wildman–Crippen MR) is 79.6 cm³/mol. The number of benzene rings is 1. The zero-order valence-electron chi connectivity index (χ0n) is 12.2. The molecule has 2 N–H and O–H groups in total. The first kappa shape index (κ1) is 15.6. The highest BCUT2D eigenvalue weighted by molar-refractivity contribution is 7.91. The molecule has 8 nitrogen and oxygen atoms in total. The molecular weight excluding hydrogens is 324 g/mol. The van der Waals surface area contributed by atoms with Crippen LogP contribution in [0.1, 0.15) is 23.2 Å². The van der Waals surface area contributed by atoms with Crippen molar-refractivity contribution in [2.45, 2.75) is 12.8 Å². The molecule has 2 aliphatic heterocycles. The summed E-state index contributed by atoms with van der Waals surface area (Å²) in [5.41, 5.74) is 4.92. The fourth-order valence-corrected chi connectivity index (χ4v) is 4.44. The average Bonchev–Trinajstić information content (AvgIpc) is 3.10. The van der Waals surface area contributed by atoms with Gasteiger partial charge < -0.3 is 9.47 Å². The molecule has 1 aromatic rings. The number of nitrogens with one attached hydrogen (secondary N) is 2. The highest BCUT2D eigenvalue weighted by Crippen LogP contribution is 2.32. The van der Waals surface area contributed by atoms with Crippen LogP contribution in [0.25, 0.3) is 0 Å². The first-order chi connectivity index (χ1) is 10.9. The number of ether oxygens (including phenoxy) is 2. The fourth-order valence-electron chi connectivity index (χ4n) is 2.58. The molecule has 2 amide bonds. The normalized spacial score (nSPS) is 21.0. The summed E-state index contributed by atoms with van der Waals surface area (Å²) in [5.74, 6) is 0.0814. The Labute approximate surface area is 133 Å². The molecule has 9 heteroatoms. The van der Waals surface area contributed by atoms with Crippen LogP contribution in [0.15, 0.2) is 18.2 Å². The number of hydrazine groups is 1. The lowest BCUT2D eigenvalue weighted by molar-refractivity contribution is -0.122. The number of hydrogen-bond acceptors (Lipinski definition) is 6. The van der Waals surface area contributed by atoms with E-state index in [1.165, 1.54) is 6.07 Å². The van der Waals surface area contributed by atoms with E-state index < -0.39 is 21.7 Å². The first-order valence-corrected chi connectivity index (χ1v) is 8.94. The monoisotopic (exact) mass is 340 g/mol. The molecule has 2 heterocycles. The van der Waals surface area contributed by atoms with E-state index >= 15 is 0 Å². The largest absolute Gasteiger partial charge is 0.454 e. The highest BCUT2D eigenvalue weighted by atomic mass is 32.2. The van der Waals surface area contributed by atoms with Gasteiger partial charge in [0.2, 0.25) is 12.7 Å². The number of carbonyl (C=O) groups excluding carboxylic acids is 2. The number of sulfone groups is 1. The summed E-state index contributed by atoms with van der Waals surface area (Å²) in [4.78, 5) is 23.7. The summed E-state index contributed by atoms with van der Waals surface area (Å²) < 4.78 is 33.0. The van der Waals surface area contributed by atoms with Crippen LogP contribution < -0.4 is 20.3 Å². The third kappa shape index (κ3) is 3.73. The maximum absolute atomic E-state index is 12.0. The summed E-state index contributed by atoms with van der Waals surface area (Å²) >= 11 is 0. The summed E-state index contributed by atoms with van der Waals surface area (Å²) in [7, 11) is -3.01. The Morgan fingerprint density at radius 3 is 2.70 bits per heavy atom. The molecule has 1 atom stereocenters. The molecule has 0 unspecified atom stereocenters. The first-order valence-electron chi connectivity index (χ1n) is 7.12. The second kappa shape index (κ2) is 6.07. The van der Waals surface area contributed by atoms with Crippen LogP contribution in [0, 0.1) is 5.92 Å². The lowest BCUT2D eigenvalue weighted by Gasteiger charge is -2.10.